The average molecular weight is 355 g/mol. The highest BCUT2D eigenvalue weighted by Crippen LogP contribution is 2.10. The van der Waals surface area contributed by atoms with Gasteiger partial charge in [-0.3, -0.25) is 9.59 Å². The van der Waals surface area contributed by atoms with Crippen LogP contribution >= 0.6 is 11.3 Å². The van der Waals surface area contributed by atoms with E-state index in [9.17, 15) is 14.4 Å². The van der Waals surface area contributed by atoms with Crippen molar-refractivity contribution in [1.29, 1.82) is 0 Å². The number of aromatic carboxylic acids is 1. The van der Waals surface area contributed by atoms with E-state index in [-0.39, 0.29) is 29.3 Å². The van der Waals surface area contributed by atoms with Crippen molar-refractivity contribution in [1.82, 2.24) is 15.6 Å². The maximum atomic E-state index is 12.3. The van der Waals surface area contributed by atoms with Crippen LogP contribution in [0, 0.1) is 11.8 Å². The molecule has 134 valence electrons. The zero-order valence-corrected chi connectivity index (χ0v) is 15.3. The number of hydrogen-bond donors (Lipinski definition) is 3. The fourth-order valence-electron chi connectivity index (χ4n) is 2.06. The van der Waals surface area contributed by atoms with Crippen LogP contribution in [-0.4, -0.2) is 40.5 Å². The molecule has 0 saturated heterocycles. The Morgan fingerprint density at radius 1 is 1.25 bits per heavy atom. The summed E-state index contributed by atoms with van der Waals surface area (Å²) in [7, 11) is 0. The Kier molecular flexibility index (Phi) is 7.84. The lowest BCUT2D eigenvalue weighted by Crippen LogP contribution is -2.50. The van der Waals surface area contributed by atoms with Gasteiger partial charge in [0.15, 0.2) is 5.69 Å². The van der Waals surface area contributed by atoms with E-state index in [0.29, 0.717) is 24.4 Å². The number of carbonyl (C=O) groups excluding carboxylic acids is 2. The monoisotopic (exact) mass is 355 g/mol. The van der Waals surface area contributed by atoms with Crippen molar-refractivity contribution in [2.24, 2.45) is 11.8 Å². The van der Waals surface area contributed by atoms with Crippen LogP contribution in [0.1, 0.15) is 49.6 Å². The summed E-state index contributed by atoms with van der Waals surface area (Å²) in [6.07, 6.45) is 0.835. The van der Waals surface area contributed by atoms with Gasteiger partial charge in [0.25, 0.3) is 0 Å². The first kappa shape index (κ1) is 20.1. The van der Waals surface area contributed by atoms with Crippen LogP contribution in [0.5, 0.6) is 0 Å². The number of nitrogens with zero attached hydrogens (tertiary/aromatic N) is 1. The van der Waals surface area contributed by atoms with Crippen LogP contribution in [0.2, 0.25) is 0 Å². The number of thiazole rings is 1. The third-order valence-corrected chi connectivity index (χ3v) is 4.18. The van der Waals surface area contributed by atoms with Gasteiger partial charge in [-0.25, -0.2) is 9.78 Å². The molecule has 7 nitrogen and oxygen atoms in total. The molecule has 8 heteroatoms. The van der Waals surface area contributed by atoms with E-state index >= 15 is 0 Å². The highest BCUT2D eigenvalue weighted by molar-refractivity contribution is 7.09. The van der Waals surface area contributed by atoms with E-state index < -0.39 is 12.0 Å². The molecular formula is C16H25N3O4S. The van der Waals surface area contributed by atoms with Gasteiger partial charge < -0.3 is 15.7 Å². The highest BCUT2D eigenvalue weighted by atomic mass is 32.1. The quantitative estimate of drug-likeness (QED) is 0.624. The van der Waals surface area contributed by atoms with Crippen molar-refractivity contribution in [2.45, 2.75) is 46.6 Å². The Balaban J connectivity index is 2.49. The fraction of sp³-hybridized carbons (Fsp3) is 0.625. The molecule has 0 radical (unpaired) electrons. The van der Waals surface area contributed by atoms with E-state index in [0.717, 1.165) is 0 Å². The molecule has 0 aliphatic carbocycles. The van der Waals surface area contributed by atoms with Gasteiger partial charge >= 0.3 is 5.97 Å². The van der Waals surface area contributed by atoms with Gasteiger partial charge in [-0.05, 0) is 11.8 Å². The van der Waals surface area contributed by atoms with Crippen LogP contribution in [0.25, 0.3) is 0 Å². The minimum atomic E-state index is -1.06. The van der Waals surface area contributed by atoms with Gasteiger partial charge in [0.2, 0.25) is 11.8 Å². The largest absolute Gasteiger partial charge is 0.476 e. The van der Waals surface area contributed by atoms with Gasteiger partial charge in [-0.2, -0.15) is 0 Å². The van der Waals surface area contributed by atoms with E-state index in [1.54, 1.807) is 0 Å². The Morgan fingerprint density at radius 3 is 2.42 bits per heavy atom. The molecule has 0 aliphatic rings. The van der Waals surface area contributed by atoms with Gasteiger partial charge in [0.05, 0.1) is 5.01 Å². The zero-order chi connectivity index (χ0) is 18.3. The summed E-state index contributed by atoms with van der Waals surface area (Å²) in [5.74, 6) is -1.23. The van der Waals surface area contributed by atoms with Crippen molar-refractivity contribution in [3.05, 3.63) is 16.1 Å². The molecule has 1 heterocycles. The number of carboxylic acid groups (broad SMARTS) is 1. The number of carboxylic acids is 1. The van der Waals surface area contributed by atoms with Gasteiger partial charge in [0, 0.05) is 24.8 Å². The summed E-state index contributed by atoms with van der Waals surface area (Å²) in [5.41, 5.74) is 0.0160. The second kappa shape index (κ2) is 9.36. The van der Waals surface area contributed by atoms with Crippen molar-refractivity contribution in [2.75, 3.05) is 6.54 Å². The molecule has 24 heavy (non-hydrogen) atoms. The fourth-order valence-corrected chi connectivity index (χ4v) is 2.84. The third kappa shape index (κ3) is 6.66. The highest BCUT2D eigenvalue weighted by Gasteiger charge is 2.24. The molecule has 1 atom stereocenters. The standard InChI is InChI=1S/C16H25N3O4S/c1-9(2)7-12(20)19-14(10(3)4)15(21)17-6-5-13-18-11(8-24-13)16(22)23/h8-10,14H,5-7H2,1-4H3,(H,17,21)(H,19,20)(H,22,23). The Hall–Kier alpha value is -1.96. The van der Waals surface area contributed by atoms with Crippen LogP contribution in [0.15, 0.2) is 5.38 Å². The lowest BCUT2D eigenvalue weighted by atomic mass is 10.0. The summed E-state index contributed by atoms with van der Waals surface area (Å²) in [4.78, 5) is 38.9. The number of nitrogens with one attached hydrogen (secondary N) is 2. The predicted octanol–water partition coefficient (Wildman–Crippen LogP) is 1.69. The minimum absolute atomic E-state index is 0.0160. The van der Waals surface area contributed by atoms with E-state index in [2.05, 4.69) is 15.6 Å². The van der Waals surface area contributed by atoms with E-state index in [1.165, 1.54) is 16.7 Å². The second-order valence-electron chi connectivity index (χ2n) is 6.36. The molecule has 1 aromatic rings. The molecule has 2 amide bonds. The number of hydrogen-bond acceptors (Lipinski definition) is 5. The summed E-state index contributed by atoms with van der Waals surface area (Å²) in [6, 6.07) is -0.581. The van der Waals surface area contributed by atoms with Gasteiger partial charge in [-0.15, -0.1) is 11.3 Å². The molecule has 0 aromatic carbocycles. The van der Waals surface area contributed by atoms with Crippen LogP contribution in [-0.2, 0) is 16.0 Å². The molecule has 0 spiro atoms. The van der Waals surface area contributed by atoms with E-state index in [4.69, 9.17) is 5.11 Å². The van der Waals surface area contributed by atoms with Crippen molar-refractivity contribution >= 4 is 29.1 Å². The summed E-state index contributed by atoms with van der Waals surface area (Å²) in [5, 5.41) is 16.5. The molecule has 0 saturated carbocycles. The van der Waals surface area contributed by atoms with Gasteiger partial charge in [0.1, 0.15) is 6.04 Å². The van der Waals surface area contributed by atoms with Crippen LogP contribution in [0.3, 0.4) is 0 Å². The summed E-state index contributed by atoms with van der Waals surface area (Å²) < 4.78 is 0. The lowest BCUT2D eigenvalue weighted by Gasteiger charge is -2.22. The molecular weight excluding hydrogens is 330 g/mol. The summed E-state index contributed by atoms with van der Waals surface area (Å²) in [6.45, 7) is 7.99. The first-order valence-corrected chi connectivity index (χ1v) is 8.83. The topological polar surface area (TPSA) is 108 Å². The first-order chi connectivity index (χ1) is 11.2. The molecule has 0 fully saturated rings. The van der Waals surface area contributed by atoms with Crippen LogP contribution < -0.4 is 10.6 Å². The van der Waals surface area contributed by atoms with Crippen LogP contribution in [0.4, 0.5) is 0 Å². The minimum Gasteiger partial charge on any atom is -0.476 e. The van der Waals surface area contributed by atoms with Crippen molar-refractivity contribution < 1.29 is 19.5 Å². The van der Waals surface area contributed by atoms with Crippen molar-refractivity contribution in [3.63, 3.8) is 0 Å². The second-order valence-corrected chi connectivity index (χ2v) is 7.30. The molecule has 0 bridgehead atoms. The smallest absolute Gasteiger partial charge is 0.355 e. The Bertz CT molecular complexity index is 584. The number of aromatic nitrogens is 1. The first-order valence-electron chi connectivity index (χ1n) is 7.95. The number of amides is 2. The molecule has 1 rings (SSSR count). The maximum absolute atomic E-state index is 12.3. The normalized spacial score (nSPS) is 12.2. The predicted molar refractivity (Wildman–Crippen MR) is 92.0 cm³/mol. The summed E-state index contributed by atoms with van der Waals surface area (Å²) >= 11 is 1.25. The molecule has 3 N–H and O–H groups in total. The molecule has 0 aliphatic heterocycles. The lowest BCUT2D eigenvalue weighted by molar-refractivity contribution is -0.130. The number of carbonyl (C=O) groups is 3. The number of rotatable bonds is 9. The average Bonchev–Trinajstić information content (AvgIpc) is 2.92. The van der Waals surface area contributed by atoms with E-state index in [1.807, 2.05) is 27.7 Å². The zero-order valence-electron chi connectivity index (χ0n) is 14.5. The van der Waals surface area contributed by atoms with Gasteiger partial charge in [-0.1, -0.05) is 27.7 Å². The third-order valence-electron chi connectivity index (χ3n) is 3.27. The molecule has 1 aromatic heterocycles. The Morgan fingerprint density at radius 2 is 1.92 bits per heavy atom. The Labute approximate surface area is 145 Å². The molecule has 1 unspecified atom stereocenters. The SMILES string of the molecule is CC(C)CC(=O)NC(C(=O)NCCc1nc(C(=O)O)cs1)C(C)C. The van der Waals surface area contributed by atoms with Crippen molar-refractivity contribution in [3.8, 4) is 0 Å². The maximum Gasteiger partial charge on any atom is 0.355 e.